The van der Waals surface area contributed by atoms with Gasteiger partial charge in [-0.15, -0.1) is 0 Å². The lowest BCUT2D eigenvalue weighted by Gasteiger charge is -2.29. The summed E-state index contributed by atoms with van der Waals surface area (Å²) in [6.07, 6.45) is -2.51. The van der Waals surface area contributed by atoms with Crippen LogP contribution in [-0.4, -0.2) is 172 Å². The van der Waals surface area contributed by atoms with Crippen LogP contribution in [0.2, 0.25) is 0 Å². The third-order valence-corrected chi connectivity index (χ3v) is 13.8. The fourth-order valence-electron chi connectivity index (χ4n) is 6.23. The number of ether oxygens (including phenoxy) is 8. The second-order valence-corrected chi connectivity index (χ2v) is 24.1. The van der Waals surface area contributed by atoms with Gasteiger partial charge in [0.2, 0.25) is 0 Å². The molecule has 0 aliphatic rings. The molecule has 6 N–H and O–H groups in total. The van der Waals surface area contributed by atoms with Crippen molar-refractivity contribution in [2.24, 2.45) is 0 Å². The molecule has 0 aromatic heterocycles. The molecule has 0 spiro atoms. The van der Waals surface area contributed by atoms with Crippen LogP contribution in [0.15, 0.2) is 0 Å². The molecular formula is C36H56O27S6. The molecule has 0 unspecified atom stereocenters. The molecule has 0 aliphatic carbocycles. The standard InChI is InChI=1S/C36H56O27S6/c1-24-30(58-11-5-17-64(38,39)40)26(23-56-3)34(62-15-9-21-68(50,51)52)27(31(24)59-12-6-18-65(41,42)43)28-32(60-13-7-19-66(44,45)46)25(2)33(61-14-8-20-67(47,48)49)29(36(37)57-4)35(28)63-16-10-22-69(53,54)55/h5-23H2,1-4H3,(H,38,39,40)(H,41,42,43)(H,44,45,46)(H,47,48,49)(H,50,51,52)(H,53,54,55). The van der Waals surface area contributed by atoms with Gasteiger partial charge in [0.1, 0.15) is 40.1 Å². The second kappa shape index (κ2) is 26.5. The van der Waals surface area contributed by atoms with E-state index in [0.717, 1.165) is 7.11 Å². The lowest BCUT2D eigenvalue weighted by Crippen LogP contribution is -2.18. The number of hydrogen-bond acceptors (Lipinski definition) is 21. The lowest BCUT2D eigenvalue weighted by atomic mass is 9.90. The fourth-order valence-corrected chi connectivity index (χ4v) is 9.13. The van der Waals surface area contributed by atoms with Gasteiger partial charge in [0.15, 0.2) is 0 Å². The number of methoxy groups -OCH3 is 2. The number of carbonyl (C=O) groups excluding carboxylic acids is 1. The summed E-state index contributed by atoms with van der Waals surface area (Å²) < 4.78 is 244. The van der Waals surface area contributed by atoms with Crippen LogP contribution in [0.5, 0.6) is 34.5 Å². The van der Waals surface area contributed by atoms with Gasteiger partial charge in [-0.25, -0.2) is 4.79 Å². The summed E-state index contributed by atoms with van der Waals surface area (Å²) in [7, 11) is -25.4. The average molecular weight is 1110 g/mol. The SMILES string of the molecule is COCc1c(OCCCS(=O)(=O)O)c(C)c(OCCCS(=O)(=O)O)c(-c2c(OCCCS(=O)(=O)O)c(C)c(OCCCS(=O)(=O)O)c(C(=O)OC)c2OCCCS(=O)(=O)O)c1OCCCS(=O)(=O)O. The van der Waals surface area contributed by atoms with Crippen LogP contribution in [0, 0.1) is 13.8 Å². The van der Waals surface area contributed by atoms with Crippen LogP contribution >= 0.6 is 0 Å². The molecule has 27 nitrogen and oxygen atoms in total. The molecule has 0 radical (unpaired) electrons. The summed E-state index contributed by atoms with van der Waals surface area (Å²) >= 11 is 0. The first kappa shape index (κ1) is 61.3. The van der Waals surface area contributed by atoms with E-state index in [-0.39, 0.29) is 40.2 Å². The Labute approximate surface area is 400 Å². The molecule has 0 bridgehead atoms. The number of rotatable bonds is 34. The van der Waals surface area contributed by atoms with Crippen LogP contribution in [-0.2, 0) is 76.8 Å². The van der Waals surface area contributed by atoms with E-state index < -0.39 is 214 Å². The molecule has 2 rings (SSSR count). The Balaban J connectivity index is 3.47. The van der Waals surface area contributed by atoms with E-state index >= 15 is 0 Å². The van der Waals surface area contributed by atoms with Crippen LogP contribution < -0.4 is 28.4 Å². The van der Waals surface area contributed by atoms with E-state index in [0.29, 0.717) is 0 Å². The summed E-state index contributed by atoms with van der Waals surface area (Å²) in [5, 5.41) is 0. The molecule has 2 aromatic carbocycles. The van der Waals surface area contributed by atoms with Gasteiger partial charge in [-0.3, -0.25) is 27.3 Å². The fraction of sp³-hybridized carbons (Fsp3) is 0.639. The normalized spacial score (nSPS) is 12.7. The van der Waals surface area contributed by atoms with Crippen molar-refractivity contribution in [2.75, 3.05) is 88.4 Å². The predicted molar refractivity (Wildman–Crippen MR) is 243 cm³/mol. The Morgan fingerprint density at radius 1 is 0.391 bits per heavy atom. The van der Waals surface area contributed by atoms with E-state index in [1.807, 2.05) is 0 Å². The zero-order valence-corrected chi connectivity index (χ0v) is 42.5. The van der Waals surface area contributed by atoms with E-state index in [1.54, 1.807) is 0 Å². The third kappa shape index (κ3) is 22.4. The number of esters is 1. The smallest absolute Gasteiger partial charge is 0.345 e. The van der Waals surface area contributed by atoms with Crippen LogP contribution in [0.4, 0.5) is 0 Å². The largest absolute Gasteiger partial charge is 0.493 e. The summed E-state index contributed by atoms with van der Waals surface area (Å²) in [5.41, 5.74) is -1.74. The molecule has 2 aromatic rings. The third-order valence-electron chi connectivity index (χ3n) is 8.96. The summed E-state index contributed by atoms with van der Waals surface area (Å²) in [6, 6.07) is 0. The quantitative estimate of drug-likeness (QED) is 0.0331. The van der Waals surface area contributed by atoms with Gasteiger partial charge >= 0.3 is 5.97 Å². The minimum absolute atomic E-state index is 0.0431. The van der Waals surface area contributed by atoms with Crippen molar-refractivity contribution in [1.29, 1.82) is 0 Å². The van der Waals surface area contributed by atoms with Gasteiger partial charge in [0.25, 0.3) is 60.7 Å². The first-order chi connectivity index (χ1) is 31.7. The molecule has 69 heavy (non-hydrogen) atoms. The average Bonchev–Trinajstić information content (AvgIpc) is 3.19. The highest BCUT2D eigenvalue weighted by Gasteiger charge is 2.37. The van der Waals surface area contributed by atoms with Crippen molar-refractivity contribution in [1.82, 2.24) is 0 Å². The maximum absolute atomic E-state index is 14.0. The number of benzene rings is 2. The lowest BCUT2D eigenvalue weighted by molar-refractivity contribution is 0.0590. The first-order valence-corrected chi connectivity index (χ1v) is 29.8. The minimum atomic E-state index is -4.65. The Bertz CT molecular complexity index is 2770. The Morgan fingerprint density at radius 3 is 0.957 bits per heavy atom. The Kier molecular flexibility index (Phi) is 23.6. The minimum Gasteiger partial charge on any atom is -0.493 e. The van der Waals surface area contributed by atoms with E-state index in [1.165, 1.54) is 21.0 Å². The molecule has 0 amide bonds. The van der Waals surface area contributed by atoms with Crippen molar-refractivity contribution in [2.45, 2.75) is 59.0 Å². The van der Waals surface area contributed by atoms with E-state index in [4.69, 9.17) is 37.9 Å². The number of hydrogen-bond donors (Lipinski definition) is 6. The molecule has 0 saturated heterocycles. The van der Waals surface area contributed by atoms with Crippen LogP contribution in [0.3, 0.4) is 0 Å². The zero-order chi connectivity index (χ0) is 52.6. The molecule has 0 heterocycles. The van der Waals surface area contributed by atoms with E-state index in [9.17, 15) is 82.6 Å². The van der Waals surface area contributed by atoms with Gasteiger partial charge < -0.3 is 37.9 Å². The van der Waals surface area contributed by atoms with Gasteiger partial charge in [0, 0.05) is 18.2 Å². The summed E-state index contributed by atoms with van der Waals surface area (Å²) in [5.74, 6) is -8.87. The molecule has 0 atom stereocenters. The van der Waals surface area contributed by atoms with Crippen LogP contribution in [0.1, 0.15) is 65.6 Å². The highest BCUT2D eigenvalue weighted by atomic mass is 32.2. The van der Waals surface area contributed by atoms with Gasteiger partial charge in [0.05, 0.1) is 105 Å². The Morgan fingerprint density at radius 2 is 0.652 bits per heavy atom. The topological polar surface area (TPSA) is 417 Å². The predicted octanol–water partition coefficient (Wildman–Crippen LogP) is 1.84. The summed E-state index contributed by atoms with van der Waals surface area (Å²) in [6.45, 7) is -1.30. The summed E-state index contributed by atoms with van der Waals surface area (Å²) in [4.78, 5) is 14.0. The maximum atomic E-state index is 14.0. The maximum Gasteiger partial charge on any atom is 0.345 e. The highest BCUT2D eigenvalue weighted by Crippen LogP contribution is 2.58. The monoisotopic (exact) mass is 1110 g/mol. The van der Waals surface area contributed by atoms with Crippen molar-refractivity contribution < 1.29 is 121 Å². The molecule has 398 valence electrons. The van der Waals surface area contributed by atoms with E-state index in [2.05, 4.69) is 0 Å². The van der Waals surface area contributed by atoms with Gasteiger partial charge in [-0.05, 0) is 52.4 Å². The van der Waals surface area contributed by atoms with Crippen molar-refractivity contribution in [3.05, 3.63) is 22.3 Å². The molecule has 0 aliphatic heterocycles. The molecular weight excluding hydrogens is 1060 g/mol. The van der Waals surface area contributed by atoms with Crippen molar-refractivity contribution >= 4 is 66.7 Å². The molecule has 0 saturated carbocycles. The Hall–Kier alpha value is -3.87. The van der Waals surface area contributed by atoms with Crippen molar-refractivity contribution in [3.63, 3.8) is 0 Å². The zero-order valence-electron chi connectivity index (χ0n) is 37.6. The van der Waals surface area contributed by atoms with Crippen molar-refractivity contribution in [3.8, 4) is 45.6 Å². The van der Waals surface area contributed by atoms with Crippen LogP contribution in [0.25, 0.3) is 11.1 Å². The number of carbonyl (C=O) groups is 1. The first-order valence-electron chi connectivity index (χ1n) is 20.2. The highest BCUT2D eigenvalue weighted by molar-refractivity contribution is 7.86. The van der Waals surface area contributed by atoms with Gasteiger partial charge in [-0.2, -0.15) is 50.5 Å². The molecule has 0 fully saturated rings. The second-order valence-electron chi connectivity index (χ2n) is 14.7. The molecule has 33 heteroatoms. The van der Waals surface area contributed by atoms with Gasteiger partial charge in [-0.1, -0.05) is 0 Å².